The average molecular weight is 447 g/mol. The zero-order valence-corrected chi connectivity index (χ0v) is 18.6. The van der Waals surface area contributed by atoms with E-state index >= 15 is 0 Å². The molecule has 1 aromatic heterocycles. The van der Waals surface area contributed by atoms with Crippen LogP contribution in [-0.4, -0.2) is 33.2 Å². The van der Waals surface area contributed by atoms with Crippen LogP contribution in [-0.2, 0) is 17.8 Å². The van der Waals surface area contributed by atoms with Crippen molar-refractivity contribution >= 4 is 11.8 Å². The first-order valence-corrected chi connectivity index (χ1v) is 11.2. The number of hydrogen-bond donors (Lipinski definition) is 1. The lowest BCUT2D eigenvalue weighted by Gasteiger charge is -2.35. The number of nitrogens with zero attached hydrogens (tertiary/aromatic N) is 3. The topological polar surface area (TPSA) is 75.2 Å². The Morgan fingerprint density at radius 1 is 1.09 bits per heavy atom. The molecule has 6 nitrogen and oxygen atoms in total. The number of carbonyl (C=O) groups excluding carboxylic acids is 2. The molecule has 33 heavy (non-hydrogen) atoms. The lowest BCUT2D eigenvalue weighted by atomic mass is 9.99. The molecule has 1 aliphatic heterocycles. The Kier molecular flexibility index (Phi) is 7.07. The molecular weight excluding hydrogens is 419 g/mol. The van der Waals surface area contributed by atoms with Gasteiger partial charge in [0.15, 0.2) is 5.82 Å². The number of hydrogen-bond acceptors (Lipinski definition) is 4. The molecule has 1 atom stereocenters. The molecule has 1 N–H and O–H groups in total. The van der Waals surface area contributed by atoms with Gasteiger partial charge in [-0.2, -0.15) is 0 Å². The summed E-state index contributed by atoms with van der Waals surface area (Å²) in [6, 6.07) is 15.6. The predicted octanol–water partition coefficient (Wildman–Crippen LogP) is 4.15. The number of benzene rings is 2. The number of aryl methyl sites for hydroxylation is 1. The number of nitrogens with one attached hydrogen (secondary N) is 1. The van der Waals surface area contributed by atoms with Crippen molar-refractivity contribution in [3.05, 3.63) is 94.8 Å². The molecule has 3 aromatic rings. The highest BCUT2D eigenvalue weighted by atomic mass is 19.1. The third-order valence-corrected chi connectivity index (χ3v) is 5.90. The van der Waals surface area contributed by atoms with Crippen LogP contribution in [0.4, 0.5) is 4.39 Å². The third-order valence-electron chi connectivity index (χ3n) is 5.90. The lowest BCUT2D eigenvalue weighted by Crippen LogP contribution is -2.40. The molecule has 0 aliphatic carbocycles. The summed E-state index contributed by atoms with van der Waals surface area (Å²) >= 11 is 0. The monoisotopic (exact) mass is 446 g/mol. The lowest BCUT2D eigenvalue weighted by molar-refractivity contribution is -0.134. The number of halogens is 1. The molecule has 2 amide bonds. The summed E-state index contributed by atoms with van der Waals surface area (Å²) < 4.78 is 13.5. The maximum atomic E-state index is 13.5. The maximum Gasteiger partial charge on any atom is 0.254 e. The Hall–Kier alpha value is -3.61. The van der Waals surface area contributed by atoms with Crippen LogP contribution in [0, 0.1) is 12.7 Å². The van der Waals surface area contributed by atoms with Gasteiger partial charge in [0.05, 0.1) is 23.7 Å². The van der Waals surface area contributed by atoms with Crippen LogP contribution in [0.5, 0.6) is 0 Å². The number of amides is 2. The van der Waals surface area contributed by atoms with Crippen molar-refractivity contribution in [1.29, 1.82) is 0 Å². The maximum absolute atomic E-state index is 13.5. The van der Waals surface area contributed by atoms with Gasteiger partial charge < -0.3 is 10.2 Å². The summed E-state index contributed by atoms with van der Waals surface area (Å²) in [5.41, 5.74) is 2.65. The Morgan fingerprint density at radius 2 is 1.88 bits per heavy atom. The number of likely N-dealkylation sites (tertiary alicyclic amines) is 1. The third kappa shape index (κ3) is 5.61. The van der Waals surface area contributed by atoms with Gasteiger partial charge in [-0.3, -0.25) is 9.59 Å². The van der Waals surface area contributed by atoms with Gasteiger partial charge in [-0.25, -0.2) is 14.4 Å². The predicted molar refractivity (Wildman–Crippen MR) is 123 cm³/mol. The van der Waals surface area contributed by atoms with Gasteiger partial charge in [-0.15, -0.1) is 0 Å². The van der Waals surface area contributed by atoms with Gasteiger partial charge in [0.2, 0.25) is 5.91 Å². The van der Waals surface area contributed by atoms with Crippen molar-refractivity contribution in [3.8, 4) is 0 Å². The van der Waals surface area contributed by atoms with Crippen molar-refractivity contribution in [3.63, 3.8) is 0 Å². The largest absolute Gasteiger partial charge is 0.348 e. The van der Waals surface area contributed by atoms with E-state index in [1.807, 2.05) is 30.3 Å². The molecule has 1 fully saturated rings. The Morgan fingerprint density at radius 3 is 2.64 bits per heavy atom. The molecule has 0 unspecified atom stereocenters. The second-order valence-electron chi connectivity index (χ2n) is 8.30. The van der Waals surface area contributed by atoms with Crippen molar-refractivity contribution < 1.29 is 14.0 Å². The Labute approximate surface area is 192 Å². The van der Waals surface area contributed by atoms with E-state index in [0.29, 0.717) is 35.7 Å². The molecule has 1 aliphatic rings. The zero-order chi connectivity index (χ0) is 23.2. The Bertz CT molecular complexity index is 1140. The SMILES string of the molecule is Cc1nc([C@H]2CCCCN2C(=O)Cc2cccc(F)c2)ncc1C(=O)NCc1ccccc1. The fraction of sp³-hybridized carbons (Fsp3) is 0.308. The molecule has 2 heterocycles. The fourth-order valence-electron chi connectivity index (χ4n) is 4.16. The summed E-state index contributed by atoms with van der Waals surface area (Å²) in [4.78, 5) is 36.5. The smallest absolute Gasteiger partial charge is 0.254 e. The molecule has 0 saturated carbocycles. The Balaban J connectivity index is 1.46. The van der Waals surface area contributed by atoms with E-state index in [1.54, 1.807) is 30.2 Å². The number of piperidine rings is 1. The summed E-state index contributed by atoms with van der Waals surface area (Å²) in [5, 5.41) is 2.90. The highest BCUT2D eigenvalue weighted by molar-refractivity contribution is 5.94. The van der Waals surface area contributed by atoms with E-state index < -0.39 is 0 Å². The molecule has 1 saturated heterocycles. The van der Waals surface area contributed by atoms with E-state index in [1.165, 1.54) is 12.1 Å². The molecule has 0 spiro atoms. The second kappa shape index (κ2) is 10.3. The highest BCUT2D eigenvalue weighted by Gasteiger charge is 2.30. The van der Waals surface area contributed by atoms with Crippen LogP contribution in [0.1, 0.15) is 58.3 Å². The molecule has 4 rings (SSSR count). The number of carbonyl (C=O) groups is 2. The van der Waals surface area contributed by atoms with Crippen LogP contribution in [0.15, 0.2) is 60.8 Å². The van der Waals surface area contributed by atoms with E-state index in [0.717, 1.165) is 24.8 Å². The van der Waals surface area contributed by atoms with Crippen molar-refractivity contribution in [2.24, 2.45) is 0 Å². The number of rotatable bonds is 6. The van der Waals surface area contributed by atoms with Crippen molar-refractivity contribution in [2.75, 3.05) is 6.54 Å². The molecule has 7 heteroatoms. The minimum Gasteiger partial charge on any atom is -0.348 e. The van der Waals surface area contributed by atoms with E-state index in [9.17, 15) is 14.0 Å². The molecule has 170 valence electrons. The molecule has 0 bridgehead atoms. The van der Waals surface area contributed by atoms with Crippen molar-refractivity contribution in [2.45, 2.75) is 45.2 Å². The van der Waals surface area contributed by atoms with Crippen LogP contribution in [0.3, 0.4) is 0 Å². The van der Waals surface area contributed by atoms with Gasteiger partial charge in [0.25, 0.3) is 5.91 Å². The highest BCUT2D eigenvalue weighted by Crippen LogP contribution is 2.30. The van der Waals surface area contributed by atoms with Crippen molar-refractivity contribution in [1.82, 2.24) is 20.2 Å². The molecular formula is C26H27FN4O2. The zero-order valence-electron chi connectivity index (χ0n) is 18.6. The van der Waals surface area contributed by atoms with Gasteiger partial charge >= 0.3 is 0 Å². The standard InChI is InChI=1S/C26H27FN4O2/c1-18-22(26(33)29-16-19-8-3-2-4-9-19)17-28-25(30-18)23-12-5-6-13-31(23)24(32)15-20-10-7-11-21(27)14-20/h2-4,7-11,14,17,23H,5-6,12-13,15-16H2,1H3,(H,29,33)/t23-/m1/s1. The summed E-state index contributed by atoms with van der Waals surface area (Å²) in [6.07, 6.45) is 4.31. The first kappa shape index (κ1) is 22.6. The first-order chi connectivity index (χ1) is 16.0. The quantitative estimate of drug-likeness (QED) is 0.617. The van der Waals surface area contributed by atoms with Gasteiger partial charge in [-0.05, 0) is 49.4 Å². The van der Waals surface area contributed by atoms with Crippen LogP contribution < -0.4 is 5.32 Å². The summed E-state index contributed by atoms with van der Waals surface area (Å²) in [7, 11) is 0. The normalized spacial score (nSPS) is 15.8. The second-order valence-corrected chi connectivity index (χ2v) is 8.30. The number of aromatic nitrogens is 2. The molecule has 2 aromatic carbocycles. The van der Waals surface area contributed by atoms with E-state index in [2.05, 4.69) is 15.3 Å². The summed E-state index contributed by atoms with van der Waals surface area (Å²) in [6.45, 7) is 2.82. The van der Waals surface area contributed by atoms with Crippen LogP contribution >= 0.6 is 0 Å². The van der Waals surface area contributed by atoms with E-state index in [-0.39, 0.29) is 30.1 Å². The van der Waals surface area contributed by atoms with Crippen LogP contribution in [0.2, 0.25) is 0 Å². The van der Waals surface area contributed by atoms with Gasteiger partial charge in [0.1, 0.15) is 5.82 Å². The first-order valence-electron chi connectivity index (χ1n) is 11.2. The van der Waals surface area contributed by atoms with Crippen LogP contribution in [0.25, 0.3) is 0 Å². The van der Waals surface area contributed by atoms with Gasteiger partial charge in [0, 0.05) is 19.3 Å². The molecule has 0 radical (unpaired) electrons. The fourth-order valence-corrected chi connectivity index (χ4v) is 4.16. The minimum atomic E-state index is -0.351. The minimum absolute atomic E-state index is 0.0729. The average Bonchev–Trinajstić information content (AvgIpc) is 2.83. The summed E-state index contributed by atoms with van der Waals surface area (Å²) in [5.74, 6) is -0.114. The van der Waals surface area contributed by atoms with E-state index in [4.69, 9.17) is 0 Å². The van der Waals surface area contributed by atoms with Gasteiger partial charge in [-0.1, -0.05) is 42.5 Å².